The fourth-order valence-electron chi connectivity index (χ4n) is 4.98. The molecule has 0 aliphatic carbocycles. The van der Waals surface area contributed by atoms with Crippen LogP contribution < -0.4 is 0 Å². The topological polar surface area (TPSA) is 105 Å². The molecule has 6 rings (SSSR count). The number of carbonyl (C=O) groups excluding carboxylic acids is 4. The summed E-state index contributed by atoms with van der Waals surface area (Å²) >= 11 is 0. The number of fused-ring (bicyclic) bond motifs is 22. The van der Waals surface area contributed by atoms with E-state index in [1.807, 2.05) is 0 Å². The summed E-state index contributed by atoms with van der Waals surface area (Å²) in [5, 5.41) is 0. The van der Waals surface area contributed by atoms with E-state index in [2.05, 4.69) is 0 Å². The van der Waals surface area contributed by atoms with Gasteiger partial charge in [0.25, 0.3) is 0 Å². The van der Waals surface area contributed by atoms with Crippen molar-refractivity contribution >= 4 is 23.9 Å². The Kier molecular flexibility index (Phi) is 11.1. The molecule has 0 radical (unpaired) electrons. The van der Waals surface area contributed by atoms with E-state index in [1.54, 1.807) is 36.4 Å². The Balaban J connectivity index is 1.47. The minimum absolute atomic E-state index is 0.359. The molecular weight excluding hydrogens is 512 g/mol. The van der Waals surface area contributed by atoms with Gasteiger partial charge in [0.2, 0.25) is 0 Å². The molecule has 2 aromatic rings. The summed E-state index contributed by atoms with van der Waals surface area (Å²) < 4.78 is 21.8. The van der Waals surface area contributed by atoms with Gasteiger partial charge in [-0.05, 0) is 125 Å². The third kappa shape index (κ3) is 8.41. The van der Waals surface area contributed by atoms with Crippen LogP contribution in [0, 0.1) is 0 Å². The van der Waals surface area contributed by atoms with E-state index < -0.39 is 23.9 Å². The Morgan fingerprint density at radius 1 is 0.450 bits per heavy atom. The number of aryl methyl sites for hydroxylation is 2. The van der Waals surface area contributed by atoms with Crippen molar-refractivity contribution in [2.45, 2.75) is 77.0 Å². The van der Waals surface area contributed by atoms with Gasteiger partial charge < -0.3 is 18.9 Å². The second-order valence-electron chi connectivity index (χ2n) is 10.3. The highest BCUT2D eigenvalue weighted by Gasteiger charge is 2.19. The maximum atomic E-state index is 12.8. The molecule has 4 aliphatic rings. The highest BCUT2D eigenvalue weighted by molar-refractivity contribution is 5.95. The van der Waals surface area contributed by atoms with Crippen LogP contribution >= 0.6 is 0 Å². The molecule has 8 nitrogen and oxygen atoms in total. The average Bonchev–Trinajstić information content (AvgIpc) is 2.96. The second-order valence-corrected chi connectivity index (χ2v) is 10.3. The molecule has 4 bridgehead atoms. The van der Waals surface area contributed by atoms with Crippen molar-refractivity contribution in [1.29, 1.82) is 0 Å². The van der Waals surface area contributed by atoms with E-state index in [1.165, 1.54) is 0 Å². The first-order chi connectivity index (χ1) is 19.5. The Morgan fingerprint density at radius 2 is 0.800 bits per heavy atom. The summed E-state index contributed by atoms with van der Waals surface area (Å²) in [5.41, 5.74) is 3.17. The first-order valence-corrected chi connectivity index (χ1v) is 14.5. The summed E-state index contributed by atoms with van der Waals surface area (Å²) in [4.78, 5) is 50.7. The number of rotatable bonds is 5. The molecule has 0 atom stereocenters. The standard InChI is InChI=1S/C32H38O8/c33-29-25-13-15-27(31(35)39-19-9-3-1-7-17-37-29)23(21-25)11-5-6-12-24-22-26-14-16-28(24)32(36)40-20-10-4-2-8-18-38-30(26)34/h13-16,21-22H,1-12,17-20H2. The third-order valence-corrected chi connectivity index (χ3v) is 7.27. The van der Waals surface area contributed by atoms with Crippen molar-refractivity contribution in [2.75, 3.05) is 26.4 Å². The van der Waals surface area contributed by atoms with Crippen molar-refractivity contribution < 1.29 is 38.1 Å². The van der Waals surface area contributed by atoms with E-state index >= 15 is 0 Å². The molecule has 0 fully saturated rings. The third-order valence-electron chi connectivity index (χ3n) is 7.27. The van der Waals surface area contributed by atoms with Gasteiger partial charge in [0.15, 0.2) is 0 Å². The van der Waals surface area contributed by atoms with Crippen LogP contribution in [0.1, 0.15) is 117 Å². The largest absolute Gasteiger partial charge is 0.462 e. The summed E-state index contributed by atoms with van der Waals surface area (Å²) in [5.74, 6) is -1.58. The lowest BCUT2D eigenvalue weighted by molar-refractivity contribution is 0.0467. The Bertz CT molecular complexity index is 1110. The van der Waals surface area contributed by atoms with E-state index in [0.717, 1.165) is 62.5 Å². The Morgan fingerprint density at radius 3 is 1.18 bits per heavy atom. The van der Waals surface area contributed by atoms with Crippen molar-refractivity contribution in [3.63, 3.8) is 0 Å². The molecule has 0 N–H and O–H groups in total. The number of esters is 4. The highest BCUT2D eigenvalue weighted by atomic mass is 16.5. The maximum absolute atomic E-state index is 12.8. The predicted molar refractivity (Wildman–Crippen MR) is 148 cm³/mol. The summed E-state index contributed by atoms with van der Waals surface area (Å²) in [7, 11) is 0. The lowest BCUT2D eigenvalue weighted by Gasteiger charge is -2.14. The average molecular weight is 551 g/mol. The van der Waals surface area contributed by atoms with E-state index in [4.69, 9.17) is 18.9 Å². The quantitative estimate of drug-likeness (QED) is 0.253. The smallest absolute Gasteiger partial charge is 0.338 e. The summed E-state index contributed by atoms with van der Waals surface area (Å²) in [6.07, 6.45) is 9.17. The van der Waals surface area contributed by atoms with E-state index in [-0.39, 0.29) is 0 Å². The number of ether oxygens (including phenoxy) is 4. The predicted octanol–water partition coefficient (Wildman–Crippen LogP) is 6.03. The molecule has 40 heavy (non-hydrogen) atoms. The molecule has 0 saturated carbocycles. The number of hydrogen-bond acceptors (Lipinski definition) is 8. The zero-order chi connectivity index (χ0) is 28.2. The second kappa shape index (κ2) is 15.2. The monoisotopic (exact) mass is 550 g/mol. The molecule has 0 unspecified atom stereocenters. The molecule has 0 amide bonds. The molecule has 214 valence electrons. The van der Waals surface area contributed by atoms with Crippen LogP contribution in [0.2, 0.25) is 0 Å². The fourth-order valence-corrected chi connectivity index (χ4v) is 4.98. The number of hydrogen-bond donors (Lipinski definition) is 0. The first kappa shape index (κ1) is 29.3. The van der Waals surface area contributed by atoms with Crippen LogP contribution in [0.4, 0.5) is 0 Å². The number of unbranched alkanes of at least 4 members (excludes halogenated alkanes) is 1. The number of carbonyl (C=O) groups is 4. The van der Waals surface area contributed by atoms with Crippen molar-refractivity contribution in [2.24, 2.45) is 0 Å². The molecule has 4 aliphatic heterocycles. The van der Waals surface area contributed by atoms with Crippen LogP contribution in [-0.4, -0.2) is 50.3 Å². The van der Waals surface area contributed by atoms with Crippen LogP contribution in [0.3, 0.4) is 0 Å². The molecule has 0 saturated heterocycles. The van der Waals surface area contributed by atoms with Gasteiger partial charge in [0.1, 0.15) is 0 Å². The fraction of sp³-hybridized carbons (Fsp3) is 0.500. The SMILES string of the molecule is O=C1OCCCCCCOC(=O)c2ccc1cc2CCCCc1cc2ccc1C(=O)OCCCCCCOC2=O. The van der Waals surface area contributed by atoms with Crippen LogP contribution in [-0.2, 0) is 31.8 Å². The van der Waals surface area contributed by atoms with Gasteiger partial charge >= 0.3 is 23.9 Å². The molecule has 0 aromatic heterocycles. The normalized spacial score (nSPS) is 17.7. The minimum Gasteiger partial charge on any atom is -0.462 e. The first-order valence-electron chi connectivity index (χ1n) is 14.5. The van der Waals surface area contributed by atoms with Gasteiger partial charge in [0, 0.05) is 0 Å². The van der Waals surface area contributed by atoms with Gasteiger partial charge in [-0.25, -0.2) is 19.2 Å². The molecule has 0 spiro atoms. The number of benzene rings is 2. The maximum Gasteiger partial charge on any atom is 0.338 e. The summed E-state index contributed by atoms with van der Waals surface area (Å²) in [6.45, 7) is 1.45. The summed E-state index contributed by atoms with van der Waals surface area (Å²) in [6, 6.07) is 9.92. The molecule has 2 aromatic carbocycles. The van der Waals surface area contributed by atoms with E-state index in [0.29, 0.717) is 74.4 Å². The minimum atomic E-state index is -0.398. The zero-order valence-corrected chi connectivity index (χ0v) is 23.0. The Hall–Kier alpha value is -3.68. The molecule has 8 heteroatoms. The van der Waals surface area contributed by atoms with Gasteiger partial charge in [0.05, 0.1) is 48.7 Å². The van der Waals surface area contributed by atoms with Crippen LogP contribution in [0.5, 0.6) is 0 Å². The van der Waals surface area contributed by atoms with Crippen molar-refractivity contribution in [3.8, 4) is 0 Å². The zero-order valence-electron chi connectivity index (χ0n) is 23.0. The lowest BCUT2D eigenvalue weighted by Crippen LogP contribution is -2.14. The van der Waals surface area contributed by atoms with Gasteiger partial charge in [-0.1, -0.05) is 0 Å². The van der Waals surface area contributed by atoms with Crippen molar-refractivity contribution in [3.05, 3.63) is 69.8 Å². The highest BCUT2D eigenvalue weighted by Crippen LogP contribution is 2.22. The molecular formula is C32H38O8. The van der Waals surface area contributed by atoms with Gasteiger partial charge in [-0.15, -0.1) is 0 Å². The van der Waals surface area contributed by atoms with Crippen LogP contribution in [0.15, 0.2) is 36.4 Å². The van der Waals surface area contributed by atoms with Crippen molar-refractivity contribution in [1.82, 2.24) is 0 Å². The Labute approximate surface area is 235 Å². The molecule has 4 heterocycles. The van der Waals surface area contributed by atoms with Gasteiger partial charge in [-0.3, -0.25) is 0 Å². The lowest BCUT2D eigenvalue weighted by atomic mass is 9.95. The van der Waals surface area contributed by atoms with Crippen LogP contribution in [0.25, 0.3) is 0 Å². The van der Waals surface area contributed by atoms with Gasteiger partial charge in [-0.2, -0.15) is 0 Å². The van der Waals surface area contributed by atoms with E-state index in [9.17, 15) is 19.2 Å².